The zero-order valence-corrected chi connectivity index (χ0v) is 14.9. The Hall–Kier alpha value is -3.15. The summed E-state index contributed by atoms with van der Waals surface area (Å²) in [6.45, 7) is 3.66. The molecule has 1 unspecified atom stereocenters. The summed E-state index contributed by atoms with van der Waals surface area (Å²) in [5, 5.41) is 2.80. The molecule has 2 aromatic carbocycles. The van der Waals surface area contributed by atoms with Gasteiger partial charge in [-0.25, -0.2) is 0 Å². The fourth-order valence-corrected chi connectivity index (χ4v) is 3.13. The summed E-state index contributed by atoms with van der Waals surface area (Å²) in [5.74, 6) is -1.10. The SMILES string of the molecule is CCC(C(=O)Nc1ccccc1OC)N1C(=O)C(=O)c2cc(C)ccc21. The van der Waals surface area contributed by atoms with E-state index in [4.69, 9.17) is 4.74 Å². The molecule has 1 aliphatic rings. The molecule has 0 aromatic heterocycles. The van der Waals surface area contributed by atoms with Gasteiger partial charge in [0.25, 0.3) is 11.7 Å². The van der Waals surface area contributed by atoms with Crippen LogP contribution >= 0.6 is 0 Å². The van der Waals surface area contributed by atoms with Gasteiger partial charge in [0.1, 0.15) is 11.8 Å². The normalized spacial score (nSPS) is 14.2. The second-order valence-corrected chi connectivity index (χ2v) is 6.14. The van der Waals surface area contributed by atoms with E-state index in [1.807, 2.05) is 13.0 Å². The van der Waals surface area contributed by atoms with E-state index >= 15 is 0 Å². The molecule has 1 aliphatic heterocycles. The molecule has 2 amide bonds. The van der Waals surface area contributed by atoms with E-state index in [0.717, 1.165) is 5.56 Å². The molecule has 2 aromatic rings. The van der Waals surface area contributed by atoms with E-state index in [1.54, 1.807) is 43.3 Å². The summed E-state index contributed by atoms with van der Waals surface area (Å²) in [6, 6.07) is 11.5. The first-order valence-electron chi connectivity index (χ1n) is 8.40. The predicted octanol–water partition coefficient (Wildman–Crippen LogP) is 2.95. The standard InChI is InChI=1S/C20H20N2O4/c1-4-15(19(24)21-14-7-5-6-8-17(14)26-3)22-16-10-9-12(2)11-13(16)18(23)20(22)25/h5-11,15H,4H2,1-3H3,(H,21,24). The number of fused-ring (bicyclic) bond motifs is 1. The number of benzene rings is 2. The van der Waals surface area contributed by atoms with Crippen LogP contribution in [0, 0.1) is 6.92 Å². The minimum atomic E-state index is -0.791. The number of anilines is 2. The third-order valence-electron chi connectivity index (χ3n) is 4.44. The number of carbonyl (C=O) groups is 3. The highest BCUT2D eigenvalue weighted by Crippen LogP contribution is 2.33. The fourth-order valence-electron chi connectivity index (χ4n) is 3.13. The van der Waals surface area contributed by atoms with Crippen molar-refractivity contribution in [3.63, 3.8) is 0 Å². The van der Waals surface area contributed by atoms with Gasteiger partial charge in [-0.1, -0.05) is 30.7 Å². The molecule has 0 saturated heterocycles. The van der Waals surface area contributed by atoms with Crippen LogP contribution < -0.4 is 15.0 Å². The second kappa shape index (κ2) is 7.00. The molecular formula is C20H20N2O4. The fraction of sp³-hybridized carbons (Fsp3) is 0.250. The van der Waals surface area contributed by atoms with Gasteiger partial charge >= 0.3 is 0 Å². The molecule has 3 rings (SSSR count). The molecule has 0 spiro atoms. The van der Waals surface area contributed by atoms with Crippen molar-refractivity contribution in [3.05, 3.63) is 53.6 Å². The van der Waals surface area contributed by atoms with Crippen molar-refractivity contribution in [2.24, 2.45) is 0 Å². The number of nitrogens with zero attached hydrogens (tertiary/aromatic N) is 1. The maximum Gasteiger partial charge on any atom is 0.300 e. The van der Waals surface area contributed by atoms with Gasteiger partial charge in [-0.15, -0.1) is 0 Å². The number of amides is 2. The van der Waals surface area contributed by atoms with Crippen molar-refractivity contribution >= 4 is 29.0 Å². The molecule has 0 fully saturated rings. The largest absolute Gasteiger partial charge is 0.495 e. The van der Waals surface area contributed by atoms with Crippen molar-refractivity contribution < 1.29 is 19.1 Å². The first-order valence-corrected chi connectivity index (χ1v) is 8.40. The summed E-state index contributed by atoms with van der Waals surface area (Å²) in [7, 11) is 1.52. The average molecular weight is 352 g/mol. The minimum Gasteiger partial charge on any atom is -0.495 e. The van der Waals surface area contributed by atoms with E-state index in [-0.39, 0.29) is 5.91 Å². The molecule has 0 aliphatic carbocycles. The van der Waals surface area contributed by atoms with E-state index in [1.165, 1.54) is 12.0 Å². The second-order valence-electron chi connectivity index (χ2n) is 6.14. The quantitative estimate of drug-likeness (QED) is 0.840. The maximum atomic E-state index is 12.9. The molecule has 6 heteroatoms. The van der Waals surface area contributed by atoms with Crippen LogP contribution in [0.25, 0.3) is 0 Å². The van der Waals surface area contributed by atoms with E-state index < -0.39 is 17.7 Å². The van der Waals surface area contributed by atoms with Gasteiger partial charge in [0.2, 0.25) is 5.91 Å². The number of rotatable bonds is 5. The molecule has 134 valence electrons. The average Bonchev–Trinajstić information content (AvgIpc) is 2.88. The lowest BCUT2D eigenvalue weighted by molar-refractivity contribution is -0.121. The van der Waals surface area contributed by atoms with Crippen molar-refractivity contribution in [1.29, 1.82) is 0 Å². The molecule has 1 heterocycles. The third kappa shape index (κ3) is 2.94. The summed E-state index contributed by atoms with van der Waals surface area (Å²) >= 11 is 0. The Morgan fingerprint density at radius 2 is 1.92 bits per heavy atom. The lowest BCUT2D eigenvalue weighted by Gasteiger charge is -2.26. The van der Waals surface area contributed by atoms with Crippen LogP contribution in [0.15, 0.2) is 42.5 Å². The first-order chi connectivity index (χ1) is 12.5. The molecule has 0 saturated carbocycles. The van der Waals surface area contributed by atoms with E-state index in [9.17, 15) is 14.4 Å². The zero-order valence-electron chi connectivity index (χ0n) is 14.9. The monoisotopic (exact) mass is 352 g/mol. The molecule has 1 atom stereocenters. The molecule has 0 radical (unpaired) electrons. The lowest BCUT2D eigenvalue weighted by Crippen LogP contribution is -2.46. The van der Waals surface area contributed by atoms with Crippen LogP contribution in [0.3, 0.4) is 0 Å². The Balaban J connectivity index is 1.93. The van der Waals surface area contributed by atoms with Gasteiger partial charge in [-0.2, -0.15) is 0 Å². The Bertz CT molecular complexity index is 891. The number of methoxy groups -OCH3 is 1. The summed E-state index contributed by atoms with van der Waals surface area (Å²) in [5.41, 5.74) is 2.23. The predicted molar refractivity (Wildman–Crippen MR) is 98.7 cm³/mol. The summed E-state index contributed by atoms with van der Waals surface area (Å²) < 4.78 is 5.24. The Labute approximate surface area is 151 Å². The van der Waals surface area contributed by atoms with Crippen molar-refractivity contribution in [2.45, 2.75) is 26.3 Å². The Kier molecular flexibility index (Phi) is 4.75. The van der Waals surface area contributed by atoms with Crippen LogP contribution in [0.5, 0.6) is 5.75 Å². The van der Waals surface area contributed by atoms with Crippen LogP contribution in [0.1, 0.15) is 29.3 Å². The number of Topliss-reactive ketones (excluding diaryl/α,β-unsaturated/α-hetero) is 1. The smallest absolute Gasteiger partial charge is 0.300 e. The highest BCUT2D eigenvalue weighted by atomic mass is 16.5. The van der Waals surface area contributed by atoms with Crippen molar-refractivity contribution in [3.8, 4) is 5.75 Å². The van der Waals surface area contributed by atoms with Gasteiger partial charge in [-0.05, 0) is 37.6 Å². The molecular weight excluding hydrogens is 332 g/mol. The van der Waals surface area contributed by atoms with Crippen LogP contribution in [0.4, 0.5) is 11.4 Å². The molecule has 1 N–H and O–H groups in total. The first kappa shape index (κ1) is 17.7. The van der Waals surface area contributed by atoms with Gasteiger partial charge in [0.05, 0.1) is 24.0 Å². The lowest BCUT2D eigenvalue weighted by atomic mass is 10.1. The molecule has 26 heavy (non-hydrogen) atoms. The molecule has 0 bridgehead atoms. The minimum absolute atomic E-state index is 0.346. The topological polar surface area (TPSA) is 75.7 Å². The van der Waals surface area contributed by atoms with Gasteiger partial charge < -0.3 is 10.1 Å². The Morgan fingerprint density at radius 3 is 2.62 bits per heavy atom. The number of ketones is 1. The summed E-state index contributed by atoms with van der Waals surface area (Å²) in [6.07, 6.45) is 0.368. The van der Waals surface area contributed by atoms with E-state index in [2.05, 4.69) is 5.32 Å². The number of hydrogen-bond acceptors (Lipinski definition) is 4. The third-order valence-corrected chi connectivity index (χ3v) is 4.44. The van der Waals surface area contributed by atoms with Crippen molar-refractivity contribution in [1.82, 2.24) is 0 Å². The van der Waals surface area contributed by atoms with Gasteiger partial charge in [0.15, 0.2) is 0 Å². The highest BCUT2D eigenvalue weighted by Gasteiger charge is 2.41. The van der Waals surface area contributed by atoms with Crippen LogP contribution in [-0.2, 0) is 9.59 Å². The summed E-state index contributed by atoms with van der Waals surface area (Å²) in [4.78, 5) is 39.0. The van der Waals surface area contributed by atoms with E-state index in [0.29, 0.717) is 29.1 Å². The van der Waals surface area contributed by atoms with Gasteiger partial charge in [0, 0.05) is 0 Å². The highest BCUT2D eigenvalue weighted by molar-refractivity contribution is 6.53. The number of aryl methyl sites for hydroxylation is 1. The number of hydrogen-bond donors (Lipinski definition) is 1. The number of carbonyl (C=O) groups excluding carboxylic acids is 3. The maximum absolute atomic E-state index is 12.9. The Morgan fingerprint density at radius 1 is 1.19 bits per heavy atom. The molecule has 6 nitrogen and oxygen atoms in total. The van der Waals surface area contributed by atoms with Gasteiger partial charge in [-0.3, -0.25) is 19.3 Å². The zero-order chi connectivity index (χ0) is 18.8. The van der Waals surface area contributed by atoms with Crippen LogP contribution in [0.2, 0.25) is 0 Å². The van der Waals surface area contributed by atoms with Crippen molar-refractivity contribution in [2.75, 3.05) is 17.3 Å². The number of para-hydroxylation sites is 2. The number of nitrogens with one attached hydrogen (secondary N) is 1. The van der Waals surface area contributed by atoms with Crippen LogP contribution in [-0.4, -0.2) is 30.7 Å². The number of ether oxygens (including phenoxy) is 1.